The number of unbranched alkanes of at least 4 members (excludes halogenated alkanes) is 1. The monoisotopic (exact) mass is 460 g/mol. The highest BCUT2D eigenvalue weighted by molar-refractivity contribution is 7.17. The maximum absolute atomic E-state index is 12.1. The minimum Gasteiger partial charge on any atom is -0.497 e. The summed E-state index contributed by atoms with van der Waals surface area (Å²) in [5.74, 6) is 2.03. The lowest BCUT2D eigenvalue weighted by Gasteiger charge is -2.11. The number of fused-ring (bicyclic) bond motifs is 1. The number of thiophene rings is 1. The fourth-order valence-electron chi connectivity index (χ4n) is 3.06. The van der Waals surface area contributed by atoms with Crippen LogP contribution in [0.3, 0.4) is 0 Å². The van der Waals surface area contributed by atoms with Gasteiger partial charge in [0.25, 0.3) is 0 Å². The average Bonchev–Trinajstić information content (AvgIpc) is 3.29. The number of carbonyl (C=O) groups is 1. The van der Waals surface area contributed by atoms with Crippen LogP contribution in [0.15, 0.2) is 72.1 Å². The number of amides is 1. The first-order chi connectivity index (χ1) is 16.1. The molecule has 4 aromatic rings. The molecule has 0 spiro atoms. The van der Waals surface area contributed by atoms with Crippen molar-refractivity contribution in [2.24, 2.45) is 0 Å². The van der Waals surface area contributed by atoms with Gasteiger partial charge in [0, 0.05) is 17.4 Å². The van der Waals surface area contributed by atoms with Gasteiger partial charge in [-0.15, -0.1) is 11.3 Å². The van der Waals surface area contributed by atoms with Crippen LogP contribution in [-0.4, -0.2) is 23.0 Å². The smallest absolute Gasteiger partial charge is 0.248 e. The Morgan fingerprint density at radius 1 is 1.06 bits per heavy atom. The Kier molecular flexibility index (Phi) is 7.16. The summed E-state index contributed by atoms with van der Waals surface area (Å²) < 4.78 is 12.2. The summed E-state index contributed by atoms with van der Waals surface area (Å²) in [6.07, 6.45) is 5.28. The summed E-state index contributed by atoms with van der Waals surface area (Å²) in [6.45, 7) is 2.07. The Morgan fingerprint density at radius 3 is 2.70 bits per heavy atom. The van der Waals surface area contributed by atoms with E-state index >= 15 is 0 Å². The van der Waals surface area contributed by atoms with Gasteiger partial charge in [0.15, 0.2) is 0 Å². The molecular weight excluding hydrogens is 436 g/mol. The summed E-state index contributed by atoms with van der Waals surface area (Å²) in [7, 11) is 1.63. The molecule has 0 aliphatic heterocycles. The highest BCUT2D eigenvalue weighted by Crippen LogP contribution is 2.33. The Morgan fingerprint density at radius 2 is 1.91 bits per heavy atom. The van der Waals surface area contributed by atoms with Gasteiger partial charge >= 0.3 is 0 Å². The number of methoxy groups -OCH3 is 1. The third-order valence-electron chi connectivity index (χ3n) is 4.66. The first-order valence-electron chi connectivity index (χ1n) is 10.6. The third-order valence-corrected chi connectivity index (χ3v) is 5.55. The number of carbonyl (C=O) groups excluding carboxylic acids is 1. The summed E-state index contributed by atoms with van der Waals surface area (Å²) in [4.78, 5) is 21.2. The molecule has 8 heteroatoms. The lowest BCUT2D eigenvalue weighted by molar-refractivity contribution is -0.111. The molecule has 168 valence electrons. The predicted molar refractivity (Wildman–Crippen MR) is 133 cm³/mol. The highest BCUT2D eigenvalue weighted by Gasteiger charge is 2.12. The fraction of sp³-hybridized carbons (Fsp3) is 0.160. The second-order valence-electron chi connectivity index (χ2n) is 7.15. The van der Waals surface area contributed by atoms with E-state index in [0.717, 1.165) is 34.5 Å². The van der Waals surface area contributed by atoms with E-state index in [1.165, 1.54) is 11.3 Å². The Bertz CT molecular complexity index is 1270. The quantitative estimate of drug-likeness (QED) is 0.276. The third kappa shape index (κ3) is 5.87. The van der Waals surface area contributed by atoms with E-state index in [-0.39, 0.29) is 5.91 Å². The normalized spacial score (nSPS) is 11.0. The molecule has 2 aromatic carbocycles. The van der Waals surface area contributed by atoms with E-state index < -0.39 is 0 Å². The van der Waals surface area contributed by atoms with Crippen LogP contribution in [0, 0.1) is 0 Å². The number of aromatic nitrogens is 2. The van der Waals surface area contributed by atoms with E-state index in [2.05, 4.69) is 27.5 Å². The van der Waals surface area contributed by atoms with Crippen molar-refractivity contribution in [3.8, 4) is 17.4 Å². The van der Waals surface area contributed by atoms with Gasteiger partial charge in [-0.25, -0.2) is 4.98 Å². The predicted octanol–water partition coefficient (Wildman–Crippen LogP) is 6.53. The second kappa shape index (κ2) is 10.6. The summed E-state index contributed by atoms with van der Waals surface area (Å²) >= 11 is 1.51. The molecule has 0 fully saturated rings. The lowest BCUT2D eigenvalue weighted by Crippen LogP contribution is -2.07. The van der Waals surface area contributed by atoms with E-state index in [9.17, 15) is 4.79 Å². The van der Waals surface area contributed by atoms with Gasteiger partial charge < -0.3 is 20.1 Å². The number of benzene rings is 2. The molecular formula is C25H24N4O3S. The van der Waals surface area contributed by atoms with E-state index in [1.807, 2.05) is 60.0 Å². The van der Waals surface area contributed by atoms with E-state index in [4.69, 9.17) is 9.47 Å². The van der Waals surface area contributed by atoms with Gasteiger partial charge in [-0.3, -0.25) is 4.79 Å². The highest BCUT2D eigenvalue weighted by atomic mass is 32.1. The van der Waals surface area contributed by atoms with Crippen molar-refractivity contribution in [1.29, 1.82) is 0 Å². The number of anilines is 3. The minimum atomic E-state index is -0.172. The molecule has 2 heterocycles. The zero-order valence-corrected chi connectivity index (χ0v) is 19.2. The van der Waals surface area contributed by atoms with Crippen LogP contribution >= 0.6 is 11.3 Å². The Balaban J connectivity index is 1.54. The van der Waals surface area contributed by atoms with Crippen molar-refractivity contribution in [1.82, 2.24) is 9.97 Å². The van der Waals surface area contributed by atoms with Crippen molar-refractivity contribution in [2.75, 3.05) is 17.7 Å². The van der Waals surface area contributed by atoms with Crippen LogP contribution in [0.5, 0.6) is 17.4 Å². The number of ether oxygens (including phenoxy) is 2. The number of hydrogen-bond donors (Lipinski definition) is 2. The van der Waals surface area contributed by atoms with Crippen molar-refractivity contribution >= 4 is 44.8 Å². The standard InChI is InChI=1S/C25H24N4O3S/c1-3-4-5-9-22(30)26-18-7-6-8-20(16-18)32-24-23-21(14-15-33-23)28-25(29-24)27-17-10-12-19(31-2)13-11-17/h5-16H,3-4H2,1-2H3,(H,26,30)(H,27,28,29)/b9-5+. The minimum absolute atomic E-state index is 0.172. The average molecular weight is 461 g/mol. The second-order valence-corrected chi connectivity index (χ2v) is 8.07. The largest absolute Gasteiger partial charge is 0.497 e. The molecule has 0 saturated carbocycles. The maximum Gasteiger partial charge on any atom is 0.248 e. The fourth-order valence-corrected chi connectivity index (χ4v) is 3.81. The lowest BCUT2D eigenvalue weighted by atomic mass is 10.3. The van der Waals surface area contributed by atoms with Gasteiger partial charge in [-0.1, -0.05) is 25.5 Å². The summed E-state index contributed by atoms with van der Waals surface area (Å²) in [6, 6.07) is 16.7. The van der Waals surface area contributed by atoms with Gasteiger partial charge in [-0.05, 0) is 60.3 Å². The molecule has 0 aliphatic rings. The summed E-state index contributed by atoms with van der Waals surface area (Å²) in [5.41, 5.74) is 2.26. The molecule has 0 atom stereocenters. The number of nitrogens with one attached hydrogen (secondary N) is 2. The van der Waals surface area contributed by atoms with Crippen LogP contribution < -0.4 is 20.1 Å². The van der Waals surface area contributed by atoms with Crippen molar-refractivity contribution in [2.45, 2.75) is 19.8 Å². The molecule has 33 heavy (non-hydrogen) atoms. The molecule has 0 bridgehead atoms. The van der Waals surface area contributed by atoms with Crippen LogP contribution in [0.1, 0.15) is 19.8 Å². The topological polar surface area (TPSA) is 85.4 Å². The van der Waals surface area contributed by atoms with Gasteiger partial charge in [0.1, 0.15) is 16.2 Å². The SMILES string of the molecule is CCC/C=C/C(=O)Nc1cccc(Oc2nc(Nc3ccc(OC)cc3)nc3ccsc23)c1. The van der Waals surface area contributed by atoms with E-state index in [1.54, 1.807) is 19.3 Å². The molecule has 0 unspecified atom stereocenters. The number of rotatable bonds is 9. The molecule has 1 amide bonds. The van der Waals surface area contributed by atoms with E-state index in [0.29, 0.717) is 23.3 Å². The zero-order valence-electron chi connectivity index (χ0n) is 18.4. The van der Waals surface area contributed by atoms with Gasteiger partial charge in [0.05, 0.1) is 12.6 Å². The molecule has 2 N–H and O–H groups in total. The maximum atomic E-state index is 12.1. The molecule has 0 radical (unpaired) electrons. The van der Waals surface area contributed by atoms with Crippen LogP contribution in [-0.2, 0) is 4.79 Å². The molecule has 7 nitrogen and oxygen atoms in total. The Hall–Kier alpha value is -3.91. The first kappa shape index (κ1) is 22.3. The molecule has 0 saturated heterocycles. The first-order valence-corrected chi connectivity index (χ1v) is 11.4. The number of allylic oxidation sites excluding steroid dienone is 1. The van der Waals surface area contributed by atoms with Crippen molar-refractivity contribution < 1.29 is 14.3 Å². The summed E-state index contributed by atoms with van der Waals surface area (Å²) in [5, 5.41) is 8.01. The number of hydrogen-bond acceptors (Lipinski definition) is 7. The molecule has 2 aromatic heterocycles. The van der Waals surface area contributed by atoms with Gasteiger partial charge in [-0.2, -0.15) is 4.98 Å². The van der Waals surface area contributed by atoms with Crippen LogP contribution in [0.25, 0.3) is 10.2 Å². The van der Waals surface area contributed by atoms with Gasteiger partial charge in [0.2, 0.25) is 17.7 Å². The van der Waals surface area contributed by atoms with Crippen LogP contribution in [0.2, 0.25) is 0 Å². The molecule has 4 rings (SSSR count). The Labute approximate surface area is 196 Å². The molecule has 0 aliphatic carbocycles. The zero-order chi connectivity index (χ0) is 23.0. The number of nitrogens with zero attached hydrogens (tertiary/aromatic N) is 2. The van der Waals surface area contributed by atoms with Crippen LogP contribution in [0.4, 0.5) is 17.3 Å². The van der Waals surface area contributed by atoms with Crippen molar-refractivity contribution in [3.63, 3.8) is 0 Å². The van der Waals surface area contributed by atoms with Crippen molar-refractivity contribution in [3.05, 3.63) is 72.1 Å².